The van der Waals surface area contributed by atoms with Gasteiger partial charge in [-0.25, -0.2) is 0 Å². The SMILES string of the molecule is NC1(CC(=O)NCCOCC(F)(F)F)CCCC1. The smallest absolute Gasteiger partial charge is 0.370 e. The summed E-state index contributed by atoms with van der Waals surface area (Å²) in [6.07, 6.45) is -0.394. The van der Waals surface area contributed by atoms with E-state index in [0.717, 1.165) is 25.7 Å². The molecule has 106 valence electrons. The first-order valence-electron chi connectivity index (χ1n) is 6.01. The van der Waals surface area contributed by atoms with Crippen molar-refractivity contribution in [2.75, 3.05) is 19.8 Å². The normalized spacial score (nSPS) is 18.9. The molecule has 1 rings (SSSR count). The van der Waals surface area contributed by atoms with Gasteiger partial charge in [0, 0.05) is 18.5 Å². The van der Waals surface area contributed by atoms with Crippen molar-refractivity contribution in [1.29, 1.82) is 0 Å². The predicted molar refractivity (Wildman–Crippen MR) is 59.9 cm³/mol. The Morgan fingerprint density at radius 2 is 1.94 bits per heavy atom. The number of amides is 1. The van der Waals surface area contributed by atoms with Gasteiger partial charge in [0.2, 0.25) is 5.91 Å². The second-order valence-corrected chi connectivity index (χ2v) is 4.76. The zero-order valence-corrected chi connectivity index (χ0v) is 10.2. The maximum Gasteiger partial charge on any atom is 0.411 e. The molecule has 0 spiro atoms. The van der Waals surface area contributed by atoms with Gasteiger partial charge in [0.25, 0.3) is 0 Å². The van der Waals surface area contributed by atoms with Crippen LogP contribution in [0.4, 0.5) is 13.2 Å². The van der Waals surface area contributed by atoms with Gasteiger partial charge in [-0.2, -0.15) is 13.2 Å². The van der Waals surface area contributed by atoms with E-state index in [-0.39, 0.29) is 25.5 Å². The minimum Gasteiger partial charge on any atom is -0.370 e. The Morgan fingerprint density at radius 1 is 1.33 bits per heavy atom. The lowest BCUT2D eigenvalue weighted by atomic mass is 9.94. The molecule has 0 saturated heterocycles. The van der Waals surface area contributed by atoms with E-state index in [0.29, 0.717) is 0 Å². The molecule has 0 radical (unpaired) electrons. The lowest BCUT2D eigenvalue weighted by Gasteiger charge is -2.22. The molecular weight excluding hydrogens is 249 g/mol. The molecule has 0 atom stereocenters. The number of halogens is 3. The summed E-state index contributed by atoms with van der Waals surface area (Å²) in [6.45, 7) is -1.36. The first-order chi connectivity index (χ1) is 8.31. The van der Waals surface area contributed by atoms with Crippen LogP contribution in [0.3, 0.4) is 0 Å². The van der Waals surface area contributed by atoms with Crippen LogP contribution in [0.5, 0.6) is 0 Å². The molecular formula is C11H19F3N2O2. The largest absolute Gasteiger partial charge is 0.411 e. The summed E-state index contributed by atoms with van der Waals surface area (Å²) in [6, 6.07) is 0. The summed E-state index contributed by atoms with van der Waals surface area (Å²) in [5.41, 5.74) is 5.57. The summed E-state index contributed by atoms with van der Waals surface area (Å²) in [4.78, 5) is 11.5. The molecule has 1 amide bonds. The molecule has 0 aromatic rings. The molecule has 1 saturated carbocycles. The third-order valence-electron chi connectivity index (χ3n) is 2.95. The summed E-state index contributed by atoms with van der Waals surface area (Å²) >= 11 is 0. The number of nitrogens with one attached hydrogen (secondary N) is 1. The van der Waals surface area contributed by atoms with Gasteiger partial charge in [0.05, 0.1) is 6.61 Å². The van der Waals surface area contributed by atoms with Crippen molar-refractivity contribution in [2.45, 2.75) is 43.8 Å². The minimum absolute atomic E-state index is 0.0744. The lowest BCUT2D eigenvalue weighted by Crippen LogP contribution is -2.42. The monoisotopic (exact) mass is 268 g/mol. The third kappa shape index (κ3) is 6.20. The summed E-state index contributed by atoms with van der Waals surface area (Å²) < 4.78 is 39.6. The maximum atomic E-state index is 11.7. The molecule has 0 aromatic carbocycles. The van der Waals surface area contributed by atoms with Gasteiger partial charge in [-0.15, -0.1) is 0 Å². The van der Waals surface area contributed by atoms with Crippen LogP contribution in [0.1, 0.15) is 32.1 Å². The van der Waals surface area contributed by atoms with Crippen LogP contribution in [0, 0.1) is 0 Å². The van der Waals surface area contributed by atoms with E-state index in [1.165, 1.54) is 0 Å². The molecule has 0 bridgehead atoms. The number of hydrogen-bond acceptors (Lipinski definition) is 3. The first-order valence-corrected chi connectivity index (χ1v) is 6.01. The zero-order valence-electron chi connectivity index (χ0n) is 10.2. The van der Waals surface area contributed by atoms with Gasteiger partial charge in [0.15, 0.2) is 0 Å². The fraction of sp³-hybridized carbons (Fsp3) is 0.909. The minimum atomic E-state index is -4.32. The summed E-state index contributed by atoms with van der Waals surface area (Å²) in [5.74, 6) is -0.227. The highest BCUT2D eigenvalue weighted by Crippen LogP contribution is 2.29. The van der Waals surface area contributed by atoms with Crippen LogP contribution in [-0.2, 0) is 9.53 Å². The van der Waals surface area contributed by atoms with E-state index in [2.05, 4.69) is 10.1 Å². The van der Waals surface area contributed by atoms with E-state index < -0.39 is 18.3 Å². The Balaban J connectivity index is 2.07. The average molecular weight is 268 g/mol. The molecule has 0 heterocycles. The van der Waals surface area contributed by atoms with Crippen LogP contribution < -0.4 is 11.1 Å². The van der Waals surface area contributed by atoms with Crippen LogP contribution in [0.15, 0.2) is 0 Å². The van der Waals surface area contributed by atoms with E-state index in [1.54, 1.807) is 0 Å². The molecule has 0 unspecified atom stereocenters. The molecule has 0 aromatic heterocycles. The average Bonchev–Trinajstić information content (AvgIpc) is 2.62. The summed E-state index contributed by atoms with van der Waals surface area (Å²) in [7, 11) is 0. The van der Waals surface area contributed by atoms with Crippen molar-refractivity contribution in [2.24, 2.45) is 5.73 Å². The standard InChI is InChI=1S/C11H19F3N2O2/c12-11(13,14)8-18-6-5-16-9(17)7-10(15)3-1-2-4-10/h1-8,15H2,(H,16,17). The highest BCUT2D eigenvalue weighted by Gasteiger charge is 2.31. The fourth-order valence-electron chi connectivity index (χ4n) is 2.09. The number of alkyl halides is 3. The molecule has 18 heavy (non-hydrogen) atoms. The highest BCUT2D eigenvalue weighted by atomic mass is 19.4. The Labute approximate surface area is 104 Å². The van der Waals surface area contributed by atoms with Gasteiger partial charge in [-0.05, 0) is 12.8 Å². The van der Waals surface area contributed by atoms with E-state index >= 15 is 0 Å². The molecule has 1 fully saturated rings. The predicted octanol–water partition coefficient (Wildman–Crippen LogP) is 1.34. The Hall–Kier alpha value is -0.820. The topological polar surface area (TPSA) is 64.4 Å². The molecule has 3 N–H and O–H groups in total. The van der Waals surface area contributed by atoms with E-state index in [9.17, 15) is 18.0 Å². The van der Waals surface area contributed by atoms with E-state index in [4.69, 9.17) is 5.73 Å². The lowest BCUT2D eigenvalue weighted by molar-refractivity contribution is -0.173. The van der Waals surface area contributed by atoms with Crippen LogP contribution in [-0.4, -0.2) is 37.4 Å². The van der Waals surface area contributed by atoms with Crippen molar-refractivity contribution in [3.05, 3.63) is 0 Å². The van der Waals surface area contributed by atoms with Crippen LogP contribution in [0.2, 0.25) is 0 Å². The fourth-order valence-corrected chi connectivity index (χ4v) is 2.09. The highest BCUT2D eigenvalue weighted by molar-refractivity contribution is 5.77. The van der Waals surface area contributed by atoms with Crippen LogP contribution >= 0.6 is 0 Å². The second-order valence-electron chi connectivity index (χ2n) is 4.76. The van der Waals surface area contributed by atoms with Crippen molar-refractivity contribution < 1.29 is 22.7 Å². The zero-order chi connectivity index (χ0) is 13.6. The van der Waals surface area contributed by atoms with Gasteiger partial charge in [-0.1, -0.05) is 12.8 Å². The van der Waals surface area contributed by atoms with Gasteiger partial charge < -0.3 is 15.8 Å². The number of carbonyl (C=O) groups is 1. The van der Waals surface area contributed by atoms with Crippen LogP contribution in [0.25, 0.3) is 0 Å². The number of rotatable bonds is 6. The Bertz CT molecular complexity index is 276. The van der Waals surface area contributed by atoms with Crippen molar-refractivity contribution in [1.82, 2.24) is 5.32 Å². The van der Waals surface area contributed by atoms with Gasteiger partial charge in [0.1, 0.15) is 6.61 Å². The molecule has 0 aliphatic heterocycles. The third-order valence-corrected chi connectivity index (χ3v) is 2.95. The molecule has 1 aliphatic rings. The first kappa shape index (κ1) is 15.2. The van der Waals surface area contributed by atoms with Gasteiger partial charge >= 0.3 is 6.18 Å². The Kier molecular flexibility index (Phi) is 5.40. The molecule has 1 aliphatic carbocycles. The maximum absolute atomic E-state index is 11.7. The number of carbonyl (C=O) groups excluding carboxylic acids is 1. The van der Waals surface area contributed by atoms with Crippen molar-refractivity contribution in [3.63, 3.8) is 0 Å². The number of nitrogens with two attached hydrogens (primary N) is 1. The quantitative estimate of drug-likeness (QED) is 0.715. The summed E-state index contributed by atoms with van der Waals surface area (Å²) in [5, 5.41) is 2.51. The number of ether oxygens (including phenoxy) is 1. The number of hydrogen-bond donors (Lipinski definition) is 2. The second kappa shape index (κ2) is 6.38. The van der Waals surface area contributed by atoms with Crippen molar-refractivity contribution in [3.8, 4) is 0 Å². The Morgan fingerprint density at radius 3 is 2.50 bits per heavy atom. The van der Waals surface area contributed by atoms with Crippen molar-refractivity contribution >= 4 is 5.91 Å². The molecule has 4 nitrogen and oxygen atoms in total. The van der Waals surface area contributed by atoms with E-state index in [1.807, 2.05) is 0 Å². The van der Waals surface area contributed by atoms with Gasteiger partial charge in [-0.3, -0.25) is 4.79 Å². The molecule has 7 heteroatoms.